The van der Waals surface area contributed by atoms with Crippen LogP contribution < -0.4 is 10.6 Å². The van der Waals surface area contributed by atoms with Crippen LogP contribution in [0, 0.1) is 0 Å². The summed E-state index contributed by atoms with van der Waals surface area (Å²) in [6.45, 7) is 2.59. The average Bonchev–Trinajstić information content (AvgIpc) is 1.96. The summed E-state index contributed by atoms with van der Waals surface area (Å²) in [6.07, 6.45) is 1.80. The number of carbonyl (C=O) groups excluding carboxylic acids is 1. The zero-order valence-electron chi connectivity index (χ0n) is 7.26. The first-order chi connectivity index (χ1) is 5.27. The molecule has 66 valence electrons. The Balaban J connectivity index is 2.85. The first-order valence-corrected chi connectivity index (χ1v) is 3.80. The Hall–Kier alpha value is -0.610. The minimum Gasteiger partial charge on any atom is -0.346 e. The molecule has 11 heavy (non-hydrogen) atoms. The molecule has 1 amide bonds. The van der Waals surface area contributed by atoms with Gasteiger partial charge in [0.1, 0.15) is 0 Å². The van der Waals surface area contributed by atoms with E-state index < -0.39 is 0 Å². The first-order valence-electron chi connectivity index (χ1n) is 3.80. The predicted molar refractivity (Wildman–Crippen MR) is 45.2 cm³/mol. The molecule has 0 aromatic carbocycles. The number of nitrogens with zero attached hydrogens (tertiary/aromatic N) is 1. The van der Waals surface area contributed by atoms with Gasteiger partial charge in [0, 0.05) is 0 Å². The van der Waals surface area contributed by atoms with Crippen molar-refractivity contribution in [3.63, 3.8) is 0 Å². The van der Waals surface area contributed by atoms with Crippen molar-refractivity contribution in [1.82, 2.24) is 15.5 Å². The van der Waals surface area contributed by atoms with Gasteiger partial charge < -0.3 is 10.2 Å². The third-order valence-corrected chi connectivity index (χ3v) is 1.27. The van der Waals surface area contributed by atoms with Crippen molar-refractivity contribution in [3.05, 3.63) is 0 Å². The molecule has 0 aliphatic rings. The molecule has 0 aromatic heterocycles. The second kappa shape index (κ2) is 7.50. The monoisotopic (exact) mass is 159 g/mol. The molecule has 0 fully saturated rings. The molecule has 0 rings (SSSR count). The molecule has 0 bridgehead atoms. The summed E-state index contributed by atoms with van der Waals surface area (Å²) in [5.74, 6) is 0. The second-order valence-electron chi connectivity index (χ2n) is 2.66. The molecule has 0 radical (unpaired) electrons. The lowest BCUT2D eigenvalue weighted by Gasteiger charge is -2.09. The summed E-state index contributed by atoms with van der Waals surface area (Å²) < 4.78 is 0. The maximum atomic E-state index is 9.79. The van der Waals surface area contributed by atoms with Gasteiger partial charge in [-0.3, -0.25) is 10.1 Å². The zero-order chi connectivity index (χ0) is 8.53. The van der Waals surface area contributed by atoms with Crippen molar-refractivity contribution in [3.8, 4) is 0 Å². The van der Waals surface area contributed by atoms with Gasteiger partial charge >= 0.3 is 0 Å². The highest BCUT2D eigenvalue weighted by atomic mass is 16.1. The largest absolute Gasteiger partial charge is 0.346 e. The number of amides is 1. The van der Waals surface area contributed by atoms with Crippen LogP contribution in [0.25, 0.3) is 0 Å². The molecule has 0 spiro atoms. The van der Waals surface area contributed by atoms with Gasteiger partial charge in [0.25, 0.3) is 0 Å². The molecule has 4 nitrogen and oxygen atoms in total. The Morgan fingerprint density at radius 1 is 1.45 bits per heavy atom. The fourth-order valence-electron chi connectivity index (χ4n) is 0.723. The third kappa shape index (κ3) is 9.39. The summed E-state index contributed by atoms with van der Waals surface area (Å²) in [6, 6.07) is 0. The molecular formula is C7H17N3O. The van der Waals surface area contributed by atoms with Crippen molar-refractivity contribution < 1.29 is 4.79 Å². The Morgan fingerprint density at radius 3 is 2.73 bits per heavy atom. The van der Waals surface area contributed by atoms with E-state index in [1.54, 1.807) is 0 Å². The molecule has 0 atom stereocenters. The lowest BCUT2D eigenvalue weighted by molar-refractivity contribution is -0.109. The summed E-state index contributed by atoms with van der Waals surface area (Å²) in [5, 5.41) is 5.60. The maximum absolute atomic E-state index is 9.79. The standard InChI is InChI=1S/C7H17N3O/c1-10(2)5-3-4-8-6-9-7-11/h7-8H,3-6H2,1-2H3,(H,9,11). The van der Waals surface area contributed by atoms with Gasteiger partial charge in [-0.1, -0.05) is 0 Å². The smallest absolute Gasteiger partial charge is 0.208 e. The maximum Gasteiger partial charge on any atom is 0.208 e. The van der Waals surface area contributed by atoms with E-state index >= 15 is 0 Å². The van der Waals surface area contributed by atoms with Gasteiger partial charge in [-0.2, -0.15) is 0 Å². The van der Waals surface area contributed by atoms with Gasteiger partial charge in [0.05, 0.1) is 6.67 Å². The Morgan fingerprint density at radius 2 is 2.18 bits per heavy atom. The van der Waals surface area contributed by atoms with Crippen molar-refractivity contribution in [2.45, 2.75) is 6.42 Å². The molecule has 0 aliphatic carbocycles. The van der Waals surface area contributed by atoms with Crippen LogP contribution in [0.15, 0.2) is 0 Å². The molecule has 0 saturated heterocycles. The van der Waals surface area contributed by atoms with Crippen LogP contribution in [-0.4, -0.2) is 45.2 Å². The summed E-state index contributed by atoms with van der Waals surface area (Å²) >= 11 is 0. The number of hydrogen-bond donors (Lipinski definition) is 2. The normalized spacial score (nSPS) is 10.1. The highest BCUT2D eigenvalue weighted by molar-refractivity contribution is 5.45. The van der Waals surface area contributed by atoms with Crippen LogP contribution in [0.1, 0.15) is 6.42 Å². The van der Waals surface area contributed by atoms with Gasteiger partial charge in [-0.25, -0.2) is 0 Å². The Kier molecular flexibility index (Phi) is 7.08. The Bertz CT molecular complexity index is 95.7. The number of nitrogens with one attached hydrogen (secondary N) is 2. The fraction of sp³-hybridized carbons (Fsp3) is 0.857. The van der Waals surface area contributed by atoms with E-state index in [9.17, 15) is 4.79 Å². The van der Waals surface area contributed by atoms with E-state index in [0.29, 0.717) is 13.1 Å². The van der Waals surface area contributed by atoms with E-state index in [1.807, 2.05) is 14.1 Å². The van der Waals surface area contributed by atoms with Crippen LogP contribution in [0.3, 0.4) is 0 Å². The molecule has 4 heteroatoms. The minimum absolute atomic E-state index is 0.566. The summed E-state index contributed by atoms with van der Waals surface area (Å²) in [7, 11) is 4.09. The molecule has 0 heterocycles. The lowest BCUT2D eigenvalue weighted by Crippen LogP contribution is -2.30. The van der Waals surface area contributed by atoms with E-state index in [0.717, 1.165) is 19.5 Å². The van der Waals surface area contributed by atoms with E-state index in [1.165, 1.54) is 0 Å². The van der Waals surface area contributed by atoms with Crippen molar-refractivity contribution in [2.75, 3.05) is 33.9 Å². The highest BCUT2D eigenvalue weighted by Crippen LogP contribution is 1.78. The van der Waals surface area contributed by atoms with Crippen LogP contribution in [0.4, 0.5) is 0 Å². The van der Waals surface area contributed by atoms with E-state index in [-0.39, 0.29) is 0 Å². The summed E-state index contributed by atoms with van der Waals surface area (Å²) in [5.41, 5.74) is 0. The predicted octanol–water partition coefficient (Wildman–Crippen LogP) is -0.769. The van der Waals surface area contributed by atoms with E-state index in [2.05, 4.69) is 15.5 Å². The van der Waals surface area contributed by atoms with Crippen LogP contribution in [0.5, 0.6) is 0 Å². The van der Waals surface area contributed by atoms with Crippen molar-refractivity contribution in [1.29, 1.82) is 0 Å². The topological polar surface area (TPSA) is 44.4 Å². The molecule has 0 aromatic rings. The zero-order valence-corrected chi connectivity index (χ0v) is 7.26. The fourth-order valence-corrected chi connectivity index (χ4v) is 0.723. The number of hydrogen-bond acceptors (Lipinski definition) is 3. The van der Waals surface area contributed by atoms with Crippen molar-refractivity contribution >= 4 is 6.41 Å². The van der Waals surface area contributed by atoms with Crippen LogP contribution in [-0.2, 0) is 4.79 Å². The highest BCUT2D eigenvalue weighted by Gasteiger charge is 1.88. The van der Waals surface area contributed by atoms with Gasteiger partial charge in [-0.05, 0) is 33.6 Å². The van der Waals surface area contributed by atoms with Gasteiger partial charge in [-0.15, -0.1) is 0 Å². The van der Waals surface area contributed by atoms with E-state index in [4.69, 9.17) is 0 Å². The van der Waals surface area contributed by atoms with Crippen LogP contribution >= 0.6 is 0 Å². The third-order valence-electron chi connectivity index (χ3n) is 1.27. The van der Waals surface area contributed by atoms with Crippen molar-refractivity contribution in [2.24, 2.45) is 0 Å². The number of rotatable bonds is 7. The average molecular weight is 159 g/mol. The van der Waals surface area contributed by atoms with Crippen LogP contribution in [0.2, 0.25) is 0 Å². The molecule has 0 aliphatic heterocycles. The molecule has 0 saturated carbocycles. The SMILES string of the molecule is CN(C)CCCNCNC=O. The van der Waals surface area contributed by atoms with Gasteiger partial charge in [0.2, 0.25) is 6.41 Å². The summed E-state index contributed by atoms with van der Waals surface area (Å²) in [4.78, 5) is 11.9. The lowest BCUT2D eigenvalue weighted by atomic mass is 10.4. The molecular weight excluding hydrogens is 142 g/mol. The molecule has 2 N–H and O–H groups in total. The minimum atomic E-state index is 0.566. The quantitative estimate of drug-likeness (QED) is 0.291. The Labute approximate surface area is 67.9 Å². The second-order valence-corrected chi connectivity index (χ2v) is 2.66. The first kappa shape index (κ1) is 10.4. The molecule has 0 unspecified atom stereocenters. The number of carbonyl (C=O) groups is 1. The van der Waals surface area contributed by atoms with Gasteiger partial charge in [0.15, 0.2) is 0 Å².